The van der Waals surface area contributed by atoms with Gasteiger partial charge in [0.05, 0.1) is 19.1 Å². The van der Waals surface area contributed by atoms with Crippen LogP contribution in [0.2, 0.25) is 0 Å². The number of esters is 1. The van der Waals surface area contributed by atoms with E-state index >= 15 is 0 Å². The molecule has 2 aliphatic rings. The van der Waals surface area contributed by atoms with Crippen LogP contribution in [0, 0.1) is 12.8 Å². The van der Waals surface area contributed by atoms with Gasteiger partial charge < -0.3 is 9.64 Å². The average Bonchev–Trinajstić information content (AvgIpc) is 2.70. The van der Waals surface area contributed by atoms with Gasteiger partial charge in [-0.2, -0.15) is 0 Å². The molecule has 0 bridgehead atoms. The van der Waals surface area contributed by atoms with E-state index in [1.165, 1.54) is 11.1 Å². The molecule has 2 aliphatic heterocycles. The highest BCUT2D eigenvalue weighted by Gasteiger charge is 2.29. The monoisotopic (exact) mass is 387 g/mol. The first-order valence-corrected chi connectivity index (χ1v) is 10.5. The third-order valence-corrected chi connectivity index (χ3v) is 5.78. The Morgan fingerprint density at radius 2 is 1.71 bits per heavy atom. The van der Waals surface area contributed by atoms with Gasteiger partial charge in [0.2, 0.25) is 5.91 Å². The number of hydrogen-bond acceptors (Lipinski definition) is 5. The minimum atomic E-state index is -0.112. The van der Waals surface area contributed by atoms with Crippen LogP contribution in [0.5, 0.6) is 0 Å². The molecule has 28 heavy (non-hydrogen) atoms. The summed E-state index contributed by atoms with van der Waals surface area (Å²) in [7, 11) is 0. The number of piperidine rings is 1. The highest BCUT2D eigenvalue weighted by atomic mass is 16.5. The van der Waals surface area contributed by atoms with Crippen molar-refractivity contribution in [1.82, 2.24) is 14.7 Å². The van der Waals surface area contributed by atoms with Gasteiger partial charge in [0.1, 0.15) is 0 Å². The molecule has 0 N–H and O–H groups in total. The van der Waals surface area contributed by atoms with Crippen molar-refractivity contribution in [3.8, 4) is 0 Å². The van der Waals surface area contributed by atoms with Crippen LogP contribution in [0.1, 0.15) is 30.9 Å². The molecule has 0 spiro atoms. The maximum Gasteiger partial charge on any atom is 0.309 e. The maximum atomic E-state index is 12.6. The van der Waals surface area contributed by atoms with E-state index in [-0.39, 0.29) is 17.8 Å². The van der Waals surface area contributed by atoms with E-state index in [9.17, 15) is 9.59 Å². The molecule has 0 aromatic heterocycles. The van der Waals surface area contributed by atoms with Crippen molar-refractivity contribution in [2.45, 2.75) is 33.2 Å². The van der Waals surface area contributed by atoms with Crippen molar-refractivity contribution in [3.63, 3.8) is 0 Å². The lowest BCUT2D eigenvalue weighted by Crippen LogP contribution is -2.51. The van der Waals surface area contributed by atoms with Gasteiger partial charge in [-0.15, -0.1) is 0 Å². The number of likely N-dealkylation sites (tertiary alicyclic amines) is 1. The van der Waals surface area contributed by atoms with Crippen molar-refractivity contribution < 1.29 is 14.3 Å². The summed E-state index contributed by atoms with van der Waals surface area (Å²) in [6.45, 7) is 11.0. The van der Waals surface area contributed by atoms with Crippen LogP contribution in [-0.2, 0) is 20.9 Å². The summed E-state index contributed by atoms with van der Waals surface area (Å²) >= 11 is 0. The van der Waals surface area contributed by atoms with Crippen molar-refractivity contribution in [2.75, 3.05) is 52.4 Å². The van der Waals surface area contributed by atoms with E-state index in [0.29, 0.717) is 26.2 Å². The minimum Gasteiger partial charge on any atom is -0.466 e. The number of nitrogens with zero attached hydrogens (tertiary/aromatic N) is 3. The van der Waals surface area contributed by atoms with Crippen LogP contribution in [-0.4, -0.2) is 79.0 Å². The minimum absolute atomic E-state index is 0.0471. The summed E-state index contributed by atoms with van der Waals surface area (Å²) < 4.78 is 5.10. The first-order valence-electron chi connectivity index (χ1n) is 10.5. The Kier molecular flexibility index (Phi) is 7.45. The summed E-state index contributed by atoms with van der Waals surface area (Å²) in [4.78, 5) is 31.1. The van der Waals surface area contributed by atoms with Crippen molar-refractivity contribution in [2.24, 2.45) is 5.92 Å². The predicted molar refractivity (Wildman–Crippen MR) is 109 cm³/mol. The summed E-state index contributed by atoms with van der Waals surface area (Å²) in [5.74, 6) is 0.0305. The summed E-state index contributed by atoms with van der Waals surface area (Å²) in [6.07, 6.45) is 1.43. The molecule has 0 saturated carbocycles. The Labute approximate surface area is 168 Å². The molecular weight excluding hydrogens is 354 g/mol. The molecule has 1 aromatic carbocycles. The van der Waals surface area contributed by atoms with E-state index < -0.39 is 0 Å². The van der Waals surface area contributed by atoms with Gasteiger partial charge in [0.25, 0.3) is 0 Å². The quantitative estimate of drug-likeness (QED) is 0.698. The number of carbonyl (C=O) groups is 2. The molecule has 3 rings (SSSR count). The first-order chi connectivity index (χ1) is 13.5. The molecule has 1 aromatic rings. The number of rotatable bonds is 6. The molecule has 1 amide bonds. The fraction of sp³-hybridized carbons (Fsp3) is 0.636. The molecule has 2 saturated heterocycles. The lowest BCUT2D eigenvalue weighted by atomic mass is 9.97. The normalized spacial score (nSPS) is 19.6. The summed E-state index contributed by atoms with van der Waals surface area (Å²) in [5.41, 5.74) is 2.66. The second-order valence-electron chi connectivity index (χ2n) is 7.95. The van der Waals surface area contributed by atoms with Gasteiger partial charge in [0.15, 0.2) is 0 Å². The van der Waals surface area contributed by atoms with Crippen LogP contribution >= 0.6 is 0 Å². The molecule has 2 heterocycles. The first kappa shape index (κ1) is 20.8. The Balaban J connectivity index is 1.38. The lowest BCUT2D eigenvalue weighted by Gasteiger charge is -2.36. The van der Waals surface area contributed by atoms with Gasteiger partial charge in [-0.25, -0.2) is 0 Å². The molecule has 154 valence electrons. The van der Waals surface area contributed by atoms with Crippen LogP contribution < -0.4 is 0 Å². The second-order valence-corrected chi connectivity index (χ2v) is 7.95. The Bertz CT molecular complexity index is 663. The van der Waals surface area contributed by atoms with E-state index in [2.05, 4.69) is 41.0 Å². The number of ether oxygens (including phenoxy) is 1. The Hall–Kier alpha value is -1.92. The molecule has 2 fully saturated rings. The zero-order valence-electron chi connectivity index (χ0n) is 17.2. The predicted octanol–water partition coefficient (Wildman–Crippen LogP) is 1.91. The Morgan fingerprint density at radius 3 is 2.36 bits per heavy atom. The van der Waals surface area contributed by atoms with Crippen molar-refractivity contribution in [3.05, 3.63) is 35.4 Å². The molecule has 0 radical (unpaired) electrons. The number of amides is 1. The molecule has 0 aliphatic carbocycles. The standard InChI is InChI=1S/C22H33N3O3/c1-3-28-22(27)20-7-9-25(10-8-20)21(26)17-24-13-11-23(12-14-24)16-19-6-4-5-18(2)15-19/h4-6,15,20H,3,7-14,16-17H2,1-2H3. The number of piperazine rings is 1. The maximum absolute atomic E-state index is 12.6. The molecule has 0 unspecified atom stereocenters. The highest BCUT2D eigenvalue weighted by Crippen LogP contribution is 2.19. The smallest absolute Gasteiger partial charge is 0.309 e. The number of aryl methyl sites for hydroxylation is 1. The third kappa shape index (κ3) is 5.79. The molecule has 6 nitrogen and oxygen atoms in total. The lowest BCUT2D eigenvalue weighted by molar-refractivity contribution is -0.151. The molecule has 0 atom stereocenters. The van der Waals surface area contributed by atoms with Crippen LogP contribution in [0.4, 0.5) is 0 Å². The second kappa shape index (κ2) is 10.0. The zero-order valence-corrected chi connectivity index (χ0v) is 17.2. The molecule has 6 heteroatoms. The van der Waals surface area contributed by atoms with Crippen molar-refractivity contribution in [1.29, 1.82) is 0 Å². The number of hydrogen-bond donors (Lipinski definition) is 0. The zero-order chi connectivity index (χ0) is 19.9. The van der Waals surface area contributed by atoms with Gasteiger partial charge >= 0.3 is 5.97 Å². The van der Waals surface area contributed by atoms with E-state index in [1.807, 2.05) is 11.8 Å². The van der Waals surface area contributed by atoms with Gasteiger partial charge in [-0.1, -0.05) is 29.8 Å². The van der Waals surface area contributed by atoms with E-state index in [0.717, 1.165) is 45.6 Å². The summed E-state index contributed by atoms with van der Waals surface area (Å²) in [5, 5.41) is 0. The van der Waals surface area contributed by atoms with Crippen LogP contribution in [0.3, 0.4) is 0 Å². The highest BCUT2D eigenvalue weighted by molar-refractivity contribution is 5.79. The molecular formula is C22H33N3O3. The van der Waals surface area contributed by atoms with E-state index in [4.69, 9.17) is 4.74 Å². The average molecular weight is 388 g/mol. The van der Waals surface area contributed by atoms with Crippen LogP contribution in [0.15, 0.2) is 24.3 Å². The van der Waals surface area contributed by atoms with Gasteiger partial charge in [0, 0.05) is 45.8 Å². The number of benzene rings is 1. The third-order valence-electron chi connectivity index (χ3n) is 5.78. The van der Waals surface area contributed by atoms with E-state index in [1.54, 1.807) is 0 Å². The van der Waals surface area contributed by atoms with Gasteiger partial charge in [-0.05, 0) is 32.3 Å². The fourth-order valence-electron chi connectivity index (χ4n) is 4.09. The largest absolute Gasteiger partial charge is 0.466 e. The number of carbonyl (C=O) groups excluding carboxylic acids is 2. The SMILES string of the molecule is CCOC(=O)C1CCN(C(=O)CN2CCN(Cc3cccc(C)c3)CC2)CC1. The Morgan fingerprint density at radius 1 is 1.04 bits per heavy atom. The van der Waals surface area contributed by atoms with Crippen molar-refractivity contribution >= 4 is 11.9 Å². The fourth-order valence-corrected chi connectivity index (χ4v) is 4.09. The summed E-state index contributed by atoms with van der Waals surface area (Å²) in [6, 6.07) is 8.67. The topological polar surface area (TPSA) is 53.1 Å². The van der Waals surface area contributed by atoms with Gasteiger partial charge in [-0.3, -0.25) is 19.4 Å². The van der Waals surface area contributed by atoms with Crippen LogP contribution in [0.25, 0.3) is 0 Å².